The SMILES string of the molecule is CC1(C)SC2C(NC(=O)N/C=C/c3cccc(Br)c3)C(=O)N2[C@H]1C(=O)[O-].[Na+]. The van der Waals surface area contributed by atoms with Crippen molar-refractivity contribution in [3.8, 4) is 0 Å². The Morgan fingerprint density at radius 1 is 1.37 bits per heavy atom. The van der Waals surface area contributed by atoms with Crippen LogP contribution in [0.1, 0.15) is 19.4 Å². The summed E-state index contributed by atoms with van der Waals surface area (Å²) in [5.41, 5.74) is 0.899. The van der Waals surface area contributed by atoms with Crippen LogP contribution < -0.4 is 45.3 Å². The molecule has 3 amide bonds. The van der Waals surface area contributed by atoms with Crippen LogP contribution in [0, 0.1) is 0 Å². The van der Waals surface area contributed by atoms with E-state index < -0.39 is 40.1 Å². The van der Waals surface area contributed by atoms with Gasteiger partial charge in [0.15, 0.2) is 0 Å². The van der Waals surface area contributed by atoms with Crippen LogP contribution in [-0.2, 0) is 9.59 Å². The summed E-state index contributed by atoms with van der Waals surface area (Å²) in [6.45, 7) is 3.50. The fraction of sp³-hybridized carbons (Fsp3) is 0.353. The first-order valence-corrected chi connectivity index (χ1v) is 9.58. The van der Waals surface area contributed by atoms with Crippen molar-refractivity contribution < 1.29 is 49.0 Å². The summed E-state index contributed by atoms with van der Waals surface area (Å²) >= 11 is 4.71. The second-order valence-corrected chi connectivity index (χ2v) is 9.25. The number of hydrogen-bond donors (Lipinski definition) is 2. The largest absolute Gasteiger partial charge is 1.00 e. The third-order valence-electron chi connectivity index (χ3n) is 4.29. The maximum absolute atomic E-state index is 12.3. The van der Waals surface area contributed by atoms with E-state index in [0.29, 0.717) is 0 Å². The first kappa shape index (κ1) is 22.3. The molecule has 3 atom stereocenters. The van der Waals surface area contributed by atoms with Crippen molar-refractivity contribution in [1.29, 1.82) is 0 Å². The predicted molar refractivity (Wildman–Crippen MR) is 99.7 cm³/mol. The second kappa shape index (κ2) is 8.57. The van der Waals surface area contributed by atoms with E-state index in [1.54, 1.807) is 19.9 Å². The number of β-lactam (4-membered cyclic amide) rings is 1. The number of nitrogens with one attached hydrogen (secondary N) is 2. The Bertz CT molecular complexity index is 804. The van der Waals surface area contributed by atoms with E-state index in [1.165, 1.54) is 22.9 Å². The van der Waals surface area contributed by atoms with Gasteiger partial charge in [-0.3, -0.25) is 4.79 Å². The molecule has 0 aromatic heterocycles. The number of carbonyl (C=O) groups excluding carboxylic acids is 3. The smallest absolute Gasteiger partial charge is 0.548 e. The molecule has 0 radical (unpaired) electrons. The van der Waals surface area contributed by atoms with Crippen LogP contribution in [0.25, 0.3) is 6.08 Å². The minimum absolute atomic E-state index is 0. The number of benzene rings is 1. The molecule has 0 saturated carbocycles. The van der Waals surface area contributed by atoms with E-state index in [2.05, 4.69) is 26.6 Å². The van der Waals surface area contributed by atoms with Crippen molar-refractivity contribution in [3.05, 3.63) is 40.5 Å². The summed E-state index contributed by atoms with van der Waals surface area (Å²) in [4.78, 5) is 36.9. The molecule has 1 aromatic carbocycles. The van der Waals surface area contributed by atoms with Crippen molar-refractivity contribution in [1.82, 2.24) is 15.5 Å². The normalized spacial score (nSPS) is 25.4. The van der Waals surface area contributed by atoms with E-state index in [9.17, 15) is 19.5 Å². The number of urea groups is 1. The van der Waals surface area contributed by atoms with Gasteiger partial charge >= 0.3 is 35.6 Å². The number of carboxylic acids is 1. The van der Waals surface area contributed by atoms with Gasteiger partial charge in [0.1, 0.15) is 11.4 Å². The Morgan fingerprint density at radius 3 is 2.70 bits per heavy atom. The number of nitrogens with zero attached hydrogens (tertiary/aromatic N) is 1. The van der Waals surface area contributed by atoms with Gasteiger partial charge in [0.2, 0.25) is 5.91 Å². The van der Waals surface area contributed by atoms with Crippen LogP contribution in [0.4, 0.5) is 4.79 Å². The number of hydrogen-bond acceptors (Lipinski definition) is 5. The molecule has 2 N–H and O–H groups in total. The molecule has 2 heterocycles. The fourth-order valence-electron chi connectivity index (χ4n) is 3.13. The van der Waals surface area contributed by atoms with Gasteiger partial charge in [-0.2, -0.15) is 0 Å². The second-order valence-electron chi connectivity index (χ2n) is 6.56. The quantitative estimate of drug-likeness (QED) is 0.395. The molecule has 0 aliphatic carbocycles. The standard InChI is InChI=1S/C17H18BrN3O4S.Na/c1-17(2)12(15(23)24)21-13(22)11(14(21)26-17)20-16(25)19-7-6-9-4-3-5-10(18)8-9;/h3-8,11-12,14H,1-2H3,(H,23,24)(H2,19,20,25);/q;+1/p-1/b7-6+;/t11?,12-,14?;/m0./s1. The number of carboxylic acid groups (broad SMARTS) is 1. The van der Waals surface area contributed by atoms with E-state index in [4.69, 9.17) is 0 Å². The Kier molecular flexibility index (Phi) is 7.07. The summed E-state index contributed by atoms with van der Waals surface area (Å²) in [6, 6.07) is 5.27. The van der Waals surface area contributed by atoms with Crippen molar-refractivity contribution in [2.75, 3.05) is 0 Å². The number of rotatable bonds is 4. The maximum Gasteiger partial charge on any atom is 1.00 e. The van der Waals surface area contributed by atoms with Gasteiger partial charge in [0, 0.05) is 15.4 Å². The molecule has 2 fully saturated rings. The monoisotopic (exact) mass is 461 g/mol. The summed E-state index contributed by atoms with van der Waals surface area (Å²) in [7, 11) is 0. The number of aliphatic carboxylic acids is 1. The van der Waals surface area contributed by atoms with Gasteiger partial charge in [0.05, 0.1) is 12.0 Å². The van der Waals surface area contributed by atoms with Crippen LogP contribution >= 0.6 is 27.7 Å². The number of carbonyl (C=O) groups is 3. The van der Waals surface area contributed by atoms with Gasteiger partial charge in [-0.25, -0.2) is 4.79 Å². The number of fused-ring (bicyclic) bond motifs is 1. The molecule has 0 bridgehead atoms. The number of thioether (sulfide) groups is 1. The zero-order valence-electron chi connectivity index (χ0n) is 15.1. The zero-order chi connectivity index (χ0) is 19.1. The Morgan fingerprint density at radius 2 is 2.07 bits per heavy atom. The molecule has 27 heavy (non-hydrogen) atoms. The molecule has 2 aliphatic rings. The van der Waals surface area contributed by atoms with Gasteiger partial charge in [0.25, 0.3) is 0 Å². The molecule has 7 nitrogen and oxygen atoms in total. The Balaban J connectivity index is 0.00000261. The summed E-state index contributed by atoms with van der Waals surface area (Å²) in [5.74, 6) is -1.69. The maximum atomic E-state index is 12.3. The molecule has 2 saturated heterocycles. The number of amides is 3. The summed E-state index contributed by atoms with van der Waals surface area (Å²) in [6.07, 6.45) is 3.20. The van der Waals surface area contributed by atoms with Gasteiger partial charge in [-0.05, 0) is 37.6 Å². The van der Waals surface area contributed by atoms with Gasteiger partial charge < -0.3 is 25.4 Å². The van der Waals surface area contributed by atoms with Crippen LogP contribution in [0.2, 0.25) is 0 Å². The topological polar surface area (TPSA) is 102 Å². The van der Waals surface area contributed by atoms with Gasteiger partial charge in [-0.15, -0.1) is 11.8 Å². The Hall–Kier alpha value is -1.00. The Labute approximate surface area is 191 Å². The van der Waals surface area contributed by atoms with Crippen LogP contribution in [0.15, 0.2) is 34.9 Å². The van der Waals surface area contributed by atoms with Crippen molar-refractivity contribution in [2.45, 2.75) is 36.1 Å². The molecule has 138 valence electrons. The van der Waals surface area contributed by atoms with Crippen LogP contribution in [-0.4, -0.2) is 45.0 Å². The van der Waals surface area contributed by atoms with Crippen molar-refractivity contribution in [3.63, 3.8) is 0 Å². The predicted octanol–water partition coefficient (Wildman–Crippen LogP) is -2.10. The third kappa shape index (κ3) is 4.54. The average molecular weight is 462 g/mol. The van der Waals surface area contributed by atoms with E-state index in [-0.39, 0.29) is 29.6 Å². The van der Waals surface area contributed by atoms with Crippen LogP contribution in [0.5, 0.6) is 0 Å². The van der Waals surface area contributed by atoms with E-state index in [0.717, 1.165) is 10.0 Å². The van der Waals surface area contributed by atoms with Crippen molar-refractivity contribution in [2.24, 2.45) is 0 Å². The fourth-order valence-corrected chi connectivity index (χ4v) is 5.17. The molecule has 2 unspecified atom stereocenters. The molecule has 3 rings (SSSR count). The molecule has 10 heteroatoms. The van der Waals surface area contributed by atoms with E-state index in [1.807, 2.05) is 24.3 Å². The van der Waals surface area contributed by atoms with Gasteiger partial charge in [-0.1, -0.05) is 28.1 Å². The molecular formula is C17H17BrN3NaO4S. The summed E-state index contributed by atoms with van der Waals surface area (Å²) < 4.78 is 0.250. The molecule has 0 spiro atoms. The molecular weight excluding hydrogens is 445 g/mol. The number of halogens is 1. The minimum atomic E-state index is -1.28. The molecule has 2 aliphatic heterocycles. The first-order chi connectivity index (χ1) is 12.2. The van der Waals surface area contributed by atoms with E-state index >= 15 is 0 Å². The first-order valence-electron chi connectivity index (χ1n) is 7.91. The summed E-state index contributed by atoms with van der Waals surface area (Å²) in [5, 5.41) is 16.1. The molecule has 1 aromatic rings. The van der Waals surface area contributed by atoms with Crippen molar-refractivity contribution >= 4 is 51.7 Å². The zero-order valence-corrected chi connectivity index (χ0v) is 19.5. The minimum Gasteiger partial charge on any atom is -0.548 e. The van der Waals surface area contributed by atoms with Crippen LogP contribution in [0.3, 0.4) is 0 Å². The third-order valence-corrected chi connectivity index (χ3v) is 6.35. The average Bonchev–Trinajstić information content (AvgIpc) is 2.81.